The molecule has 8 nitrogen and oxygen atoms in total. The van der Waals surface area contributed by atoms with Crippen molar-refractivity contribution >= 4 is 16.9 Å². The van der Waals surface area contributed by atoms with Gasteiger partial charge < -0.3 is 14.6 Å². The van der Waals surface area contributed by atoms with Gasteiger partial charge in [0.2, 0.25) is 0 Å². The van der Waals surface area contributed by atoms with Gasteiger partial charge in [0.05, 0.1) is 30.6 Å². The third kappa shape index (κ3) is 4.14. The third-order valence-electron chi connectivity index (χ3n) is 6.33. The summed E-state index contributed by atoms with van der Waals surface area (Å²) in [6, 6.07) is 14.2. The quantitative estimate of drug-likeness (QED) is 0.601. The van der Waals surface area contributed by atoms with E-state index in [-0.39, 0.29) is 18.1 Å². The van der Waals surface area contributed by atoms with Gasteiger partial charge in [-0.2, -0.15) is 0 Å². The van der Waals surface area contributed by atoms with E-state index in [0.717, 1.165) is 55.8 Å². The molecule has 0 saturated carbocycles. The molecule has 1 aromatic heterocycles. The van der Waals surface area contributed by atoms with E-state index in [0.29, 0.717) is 5.56 Å². The van der Waals surface area contributed by atoms with Gasteiger partial charge in [-0.05, 0) is 48.7 Å². The Balaban J connectivity index is 1.20. The molecule has 8 heteroatoms. The summed E-state index contributed by atoms with van der Waals surface area (Å²) in [5.41, 5.74) is 10.6. The molecular weight excluding hydrogens is 392 g/mol. The van der Waals surface area contributed by atoms with Crippen molar-refractivity contribution in [3.63, 3.8) is 0 Å². The van der Waals surface area contributed by atoms with E-state index in [9.17, 15) is 4.79 Å². The number of imidazole rings is 1. The first-order chi connectivity index (χ1) is 15.2. The molecule has 0 spiro atoms. The Morgan fingerprint density at radius 1 is 1.06 bits per heavy atom. The number of aromatic nitrogens is 2. The molecule has 0 aliphatic carbocycles. The van der Waals surface area contributed by atoms with Crippen LogP contribution in [0.5, 0.6) is 5.75 Å². The number of hydrazine groups is 1. The van der Waals surface area contributed by atoms with Gasteiger partial charge in [0.15, 0.2) is 0 Å². The smallest absolute Gasteiger partial charge is 0.253 e. The molecule has 2 aromatic carbocycles. The van der Waals surface area contributed by atoms with Gasteiger partial charge in [0.1, 0.15) is 5.75 Å². The second-order valence-electron chi connectivity index (χ2n) is 8.18. The number of fused-ring (bicyclic) bond motifs is 1. The van der Waals surface area contributed by atoms with Crippen LogP contribution < -0.4 is 15.6 Å². The van der Waals surface area contributed by atoms with Crippen molar-refractivity contribution in [3.05, 3.63) is 59.9 Å². The number of hydrogen-bond acceptors (Lipinski definition) is 6. The highest BCUT2D eigenvalue weighted by Gasteiger charge is 2.31. The fraction of sp³-hybridized carbons (Fsp3) is 0.391. The SMILES string of the molecule is COc1ccc(C2CC(N3CCCN(C(=O)c4ccc5nc[nH]c5c4)CC3)NN2)cc1. The van der Waals surface area contributed by atoms with E-state index in [2.05, 4.69) is 37.9 Å². The number of amides is 1. The lowest BCUT2D eigenvalue weighted by Gasteiger charge is -2.27. The molecule has 162 valence electrons. The molecule has 2 aliphatic heterocycles. The number of aromatic amines is 1. The van der Waals surface area contributed by atoms with Crippen LogP contribution in [0, 0.1) is 0 Å². The Morgan fingerprint density at radius 3 is 2.77 bits per heavy atom. The van der Waals surface area contributed by atoms with Crippen molar-refractivity contribution in [1.82, 2.24) is 30.6 Å². The molecule has 31 heavy (non-hydrogen) atoms. The van der Waals surface area contributed by atoms with Gasteiger partial charge in [-0.25, -0.2) is 15.8 Å². The van der Waals surface area contributed by atoms with Gasteiger partial charge in [-0.15, -0.1) is 0 Å². The zero-order valence-electron chi connectivity index (χ0n) is 17.7. The zero-order chi connectivity index (χ0) is 21.2. The molecule has 3 N–H and O–H groups in total. The normalized spacial score (nSPS) is 22.5. The molecule has 2 aliphatic rings. The molecule has 3 heterocycles. The van der Waals surface area contributed by atoms with Gasteiger partial charge in [0, 0.05) is 37.8 Å². The number of ether oxygens (including phenoxy) is 1. The Morgan fingerprint density at radius 2 is 1.94 bits per heavy atom. The van der Waals surface area contributed by atoms with Crippen LogP contribution in [0.25, 0.3) is 11.0 Å². The van der Waals surface area contributed by atoms with Crippen LogP contribution in [-0.4, -0.2) is 65.1 Å². The first-order valence-corrected chi connectivity index (χ1v) is 10.8. The first kappa shape index (κ1) is 20.0. The Kier molecular flexibility index (Phi) is 5.59. The molecule has 2 saturated heterocycles. The highest BCUT2D eigenvalue weighted by molar-refractivity contribution is 5.97. The van der Waals surface area contributed by atoms with Crippen LogP contribution in [-0.2, 0) is 0 Å². The number of benzene rings is 2. The summed E-state index contributed by atoms with van der Waals surface area (Å²) in [4.78, 5) is 24.8. The second kappa shape index (κ2) is 8.66. The van der Waals surface area contributed by atoms with Gasteiger partial charge in [0.25, 0.3) is 5.91 Å². The van der Waals surface area contributed by atoms with Crippen molar-refractivity contribution in [1.29, 1.82) is 0 Å². The van der Waals surface area contributed by atoms with E-state index in [1.165, 1.54) is 5.56 Å². The molecule has 5 rings (SSSR count). The maximum absolute atomic E-state index is 13.1. The summed E-state index contributed by atoms with van der Waals surface area (Å²) < 4.78 is 5.26. The minimum absolute atomic E-state index is 0.0898. The summed E-state index contributed by atoms with van der Waals surface area (Å²) in [6.07, 6.45) is 3.86. The number of methoxy groups -OCH3 is 1. The van der Waals surface area contributed by atoms with Crippen LogP contribution in [0.4, 0.5) is 0 Å². The molecule has 2 unspecified atom stereocenters. The Hall–Kier alpha value is -2.94. The Bertz CT molecular complexity index is 1050. The molecule has 1 amide bonds. The first-order valence-electron chi connectivity index (χ1n) is 10.8. The second-order valence-corrected chi connectivity index (χ2v) is 8.18. The minimum atomic E-state index is 0.0898. The lowest BCUT2D eigenvalue weighted by Crippen LogP contribution is -2.46. The maximum atomic E-state index is 13.1. The van der Waals surface area contributed by atoms with Crippen LogP contribution >= 0.6 is 0 Å². The Labute approximate surface area is 181 Å². The molecular formula is C23H28N6O2. The predicted octanol–water partition coefficient (Wildman–Crippen LogP) is 2.28. The van der Waals surface area contributed by atoms with Crippen LogP contribution in [0.2, 0.25) is 0 Å². The van der Waals surface area contributed by atoms with Crippen molar-refractivity contribution < 1.29 is 9.53 Å². The zero-order valence-corrected chi connectivity index (χ0v) is 17.7. The highest BCUT2D eigenvalue weighted by atomic mass is 16.5. The summed E-state index contributed by atoms with van der Waals surface area (Å²) in [5.74, 6) is 0.960. The number of H-pyrrole nitrogens is 1. The third-order valence-corrected chi connectivity index (χ3v) is 6.33. The number of nitrogens with one attached hydrogen (secondary N) is 3. The number of hydrogen-bond donors (Lipinski definition) is 3. The summed E-state index contributed by atoms with van der Waals surface area (Å²) in [6.45, 7) is 3.33. The molecule has 3 aromatic rings. The summed E-state index contributed by atoms with van der Waals surface area (Å²) >= 11 is 0. The molecule has 2 fully saturated rings. The molecule has 0 radical (unpaired) electrons. The fourth-order valence-electron chi connectivity index (χ4n) is 4.54. The van der Waals surface area contributed by atoms with Crippen molar-refractivity contribution in [2.45, 2.75) is 25.0 Å². The summed E-state index contributed by atoms with van der Waals surface area (Å²) in [7, 11) is 1.68. The fourth-order valence-corrected chi connectivity index (χ4v) is 4.54. The van der Waals surface area contributed by atoms with Gasteiger partial charge in [-0.3, -0.25) is 9.69 Å². The van der Waals surface area contributed by atoms with E-state index < -0.39 is 0 Å². The molecule has 0 bridgehead atoms. The van der Waals surface area contributed by atoms with Crippen LogP contribution in [0.1, 0.15) is 34.8 Å². The standard InChI is InChI=1S/C23H28N6O2/c1-31-18-6-3-16(4-7-18)20-14-22(27-26-20)28-9-2-10-29(12-11-28)23(30)17-5-8-19-21(13-17)25-15-24-19/h3-8,13,15,20,22,26-27H,2,9-12,14H2,1H3,(H,24,25). The van der Waals surface area contributed by atoms with Crippen molar-refractivity contribution in [2.24, 2.45) is 0 Å². The topological polar surface area (TPSA) is 85.5 Å². The van der Waals surface area contributed by atoms with Gasteiger partial charge in [-0.1, -0.05) is 12.1 Å². The van der Waals surface area contributed by atoms with E-state index in [1.807, 2.05) is 35.2 Å². The monoisotopic (exact) mass is 420 g/mol. The van der Waals surface area contributed by atoms with Crippen LogP contribution in [0.15, 0.2) is 48.8 Å². The van der Waals surface area contributed by atoms with Crippen molar-refractivity contribution in [3.8, 4) is 5.75 Å². The summed E-state index contributed by atoms with van der Waals surface area (Å²) in [5, 5.41) is 0. The van der Waals surface area contributed by atoms with E-state index >= 15 is 0 Å². The number of nitrogens with zero attached hydrogens (tertiary/aromatic N) is 3. The number of carbonyl (C=O) groups excluding carboxylic acids is 1. The number of carbonyl (C=O) groups is 1. The lowest BCUT2D eigenvalue weighted by molar-refractivity contribution is 0.0756. The average Bonchev–Trinajstić information content (AvgIpc) is 3.43. The largest absolute Gasteiger partial charge is 0.497 e. The predicted molar refractivity (Wildman–Crippen MR) is 119 cm³/mol. The van der Waals surface area contributed by atoms with E-state index in [4.69, 9.17) is 4.74 Å². The highest BCUT2D eigenvalue weighted by Crippen LogP contribution is 2.26. The average molecular weight is 421 g/mol. The maximum Gasteiger partial charge on any atom is 0.253 e. The minimum Gasteiger partial charge on any atom is -0.497 e. The lowest BCUT2D eigenvalue weighted by atomic mass is 10.0. The molecule has 2 atom stereocenters. The van der Waals surface area contributed by atoms with Gasteiger partial charge >= 0.3 is 0 Å². The van der Waals surface area contributed by atoms with Crippen LogP contribution in [0.3, 0.4) is 0 Å². The van der Waals surface area contributed by atoms with Crippen molar-refractivity contribution in [2.75, 3.05) is 33.3 Å². The van der Waals surface area contributed by atoms with E-state index in [1.54, 1.807) is 13.4 Å². The number of rotatable bonds is 4.